The summed E-state index contributed by atoms with van der Waals surface area (Å²) in [5.41, 5.74) is 1.72. The molecule has 0 fully saturated rings. The number of aromatic hydroxyl groups is 1. The Morgan fingerprint density at radius 3 is 2.35 bits per heavy atom. The second-order valence-electron chi connectivity index (χ2n) is 5.08. The number of nitrogens with zero attached hydrogens (tertiary/aromatic N) is 1. The number of fused-ring (bicyclic) bond motifs is 1. The number of aromatic nitrogens is 1. The highest BCUT2D eigenvalue weighted by Gasteiger charge is 2.13. The third-order valence-corrected chi connectivity index (χ3v) is 3.72. The lowest BCUT2D eigenvalue weighted by molar-refractivity contribution is 0.398. The Morgan fingerprint density at radius 1 is 1.00 bits per heavy atom. The van der Waals surface area contributed by atoms with Crippen molar-refractivity contribution in [2.24, 2.45) is 0 Å². The van der Waals surface area contributed by atoms with Crippen molar-refractivity contribution in [1.82, 2.24) is 4.98 Å². The number of ether oxygens (including phenoxy) is 2. The van der Waals surface area contributed by atoms with Gasteiger partial charge in [-0.2, -0.15) is 0 Å². The first-order valence-electron chi connectivity index (χ1n) is 7.20. The van der Waals surface area contributed by atoms with E-state index in [1.54, 1.807) is 26.4 Å². The number of hydrogen-bond acceptors (Lipinski definition) is 5. The van der Waals surface area contributed by atoms with Crippen molar-refractivity contribution >= 4 is 16.6 Å². The summed E-state index contributed by atoms with van der Waals surface area (Å²) >= 11 is 0. The lowest BCUT2D eigenvalue weighted by Crippen LogP contribution is -1.98. The van der Waals surface area contributed by atoms with Gasteiger partial charge in [0.15, 0.2) is 0 Å². The molecule has 0 spiro atoms. The van der Waals surface area contributed by atoms with Crippen molar-refractivity contribution < 1.29 is 14.6 Å². The third kappa shape index (κ3) is 2.73. The summed E-state index contributed by atoms with van der Waals surface area (Å²) in [4.78, 5) is 4.67. The van der Waals surface area contributed by atoms with Gasteiger partial charge in [0.25, 0.3) is 0 Å². The fraction of sp³-hybridized carbons (Fsp3) is 0.167. The molecule has 118 valence electrons. The molecule has 0 aliphatic heterocycles. The SMILES string of the molecule is CNc1nc(-c2ccc(O)cc2)cc2cc(OC)cc(OC)c12. The molecule has 1 heterocycles. The van der Waals surface area contributed by atoms with E-state index in [2.05, 4.69) is 10.3 Å². The number of nitrogens with one attached hydrogen (secondary N) is 1. The van der Waals surface area contributed by atoms with Gasteiger partial charge in [0.05, 0.1) is 25.3 Å². The molecule has 0 amide bonds. The quantitative estimate of drug-likeness (QED) is 0.770. The van der Waals surface area contributed by atoms with Crippen LogP contribution in [0.1, 0.15) is 0 Å². The lowest BCUT2D eigenvalue weighted by Gasteiger charge is -2.14. The molecular weight excluding hydrogens is 292 g/mol. The summed E-state index contributed by atoms with van der Waals surface area (Å²) in [6.45, 7) is 0. The monoisotopic (exact) mass is 310 g/mol. The van der Waals surface area contributed by atoms with Crippen LogP contribution in [0.5, 0.6) is 17.2 Å². The van der Waals surface area contributed by atoms with Crippen LogP contribution in [-0.2, 0) is 0 Å². The van der Waals surface area contributed by atoms with E-state index in [4.69, 9.17) is 9.47 Å². The smallest absolute Gasteiger partial charge is 0.138 e. The maximum absolute atomic E-state index is 9.45. The topological polar surface area (TPSA) is 63.6 Å². The summed E-state index contributed by atoms with van der Waals surface area (Å²) in [6, 6.07) is 12.7. The van der Waals surface area contributed by atoms with E-state index in [1.165, 1.54) is 0 Å². The largest absolute Gasteiger partial charge is 0.508 e. The van der Waals surface area contributed by atoms with Gasteiger partial charge in [-0.1, -0.05) is 0 Å². The number of anilines is 1. The van der Waals surface area contributed by atoms with Crippen molar-refractivity contribution in [3.63, 3.8) is 0 Å². The van der Waals surface area contributed by atoms with Crippen LogP contribution in [0.3, 0.4) is 0 Å². The minimum Gasteiger partial charge on any atom is -0.508 e. The van der Waals surface area contributed by atoms with Crippen LogP contribution in [0.2, 0.25) is 0 Å². The predicted molar refractivity (Wildman–Crippen MR) is 91.5 cm³/mol. The second-order valence-corrected chi connectivity index (χ2v) is 5.08. The average molecular weight is 310 g/mol. The van der Waals surface area contributed by atoms with Gasteiger partial charge in [0, 0.05) is 18.7 Å². The molecule has 2 aromatic carbocycles. The molecule has 3 rings (SSSR count). The van der Waals surface area contributed by atoms with Crippen LogP contribution in [-0.4, -0.2) is 31.4 Å². The normalized spacial score (nSPS) is 10.6. The Kier molecular flexibility index (Phi) is 3.93. The fourth-order valence-electron chi connectivity index (χ4n) is 2.57. The first-order chi connectivity index (χ1) is 11.2. The van der Waals surface area contributed by atoms with E-state index >= 15 is 0 Å². The molecule has 0 radical (unpaired) electrons. The van der Waals surface area contributed by atoms with Crippen LogP contribution in [0.25, 0.3) is 22.0 Å². The van der Waals surface area contributed by atoms with Crippen LogP contribution < -0.4 is 14.8 Å². The van der Waals surface area contributed by atoms with Crippen LogP contribution >= 0.6 is 0 Å². The predicted octanol–water partition coefficient (Wildman–Crippen LogP) is 3.67. The van der Waals surface area contributed by atoms with Gasteiger partial charge < -0.3 is 19.9 Å². The highest BCUT2D eigenvalue weighted by molar-refractivity contribution is 6.00. The van der Waals surface area contributed by atoms with E-state index < -0.39 is 0 Å². The Morgan fingerprint density at radius 2 is 1.74 bits per heavy atom. The minimum absolute atomic E-state index is 0.228. The van der Waals surface area contributed by atoms with E-state index in [1.807, 2.05) is 37.4 Å². The van der Waals surface area contributed by atoms with Gasteiger partial charge >= 0.3 is 0 Å². The van der Waals surface area contributed by atoms with E-state index in [-0.39, 0.29) is 5.75 Å². The van der Waals surface area contributed by atoms with Gasteiger partial charge in [-0.3, -0.25) is 0 Å². The van der Waals surface area contributed by atoms with Gasteiger partial charge in [0.1, 0.15) is 23.1 Å². The maximum atomic E-state index is 9.45. The fourth-order valence-corrected chi connectivity index (χ4v) is 2.57. The zero-order chi connectivity index (χ0) is 16.4. The molecule has 3 aromatic rings. The third-order valence-electron chi connectivity index (χ3n) is 3.72. The molecule has 0 unspecified atom stereocenters. The first-order valence-corrected chi connectivity index (χ1v) is 7.20. The molecule has 5 nitrogen and oxygen atoms in total. The molecule has 1 aromatic heterocycles. The van der Waals surface area contributed by atoms with Crippen molar-refractivity contribution in [2.75, 3.05) is 26.6 Å². The van der Waals surface area contributed by atoms with Gasteiger partial charge in [-0.15, -0.1) is 0 Å². The summed E-state index contributed by atoms with van der Waals surface area (Å²) in [7, 11) is 5.08. The zero-order valence-electron chi connectivity index (χ0n) is 13.3. The number of methoxy groups -OCH3 is 2. The molecule has 5 heteroatoms. The molecule has 0 bridgehead atoms. The molecule has 0 saturated carbocycles. The van der Waals surface area contributed by atoms with E-state index in [0.29, 0.717) is 5.75 Å². The summed E-state index contributed by atoms with van der Waals surface area (Å²) in [6.07, 6.45) is 0. The number of hydrogen-bond donors (Lipinski definition) is 2. The van der Waals surface area contributed by atoms with Crippen LogP contribution in [0, 0.1) is 0 Å². The molecule has 0 aliphatic carbocycles. The molecule has 0 atom stereocenters. The summed E-state index contributed by atoms with van der Waals surface area (Å²) < 4.78 is 10.8. The van der Waals surface area contributed by atoms with Crippen molar-refractivity contribution in [2.45, 2.75) is 0 Å². The minimum atomic E-state index is 0.228. The van der Waals surface area contributed by atoms with E-state index in [0.717, 1.165) is 33.6 Å². The van der Waals surface area contributed by atoms with Crippen LogP contribution in [0.15, 0.2) is 42.5 Å². The van der Waals surface area contributed by atoms with Gasteiger partial charge in [0.2, 0.25) is 0 Å². The number of rotatable bonds is 4. The molecule has 0 saturated heterocycles. The van der Waals surface area contributed by atoms with Gasteiger partial charge in [-0.25, -0.2) is 4.98 Å². The highest BCUT2D eigenvalue weighted by atomic mass is 16.5. The van der Waals surface area contributed by atoms with Crippen molar-refractivity contribution in [1.29, 1.82) is 0 Å². The lowest BCUT2D eigenvalue weighted by atomic mass is 10.1. The maximum Gasteiger partial charge on any atom is 0.138 e. The van der Waals surface area contributed by atoms with Crippen molar-refractivity contribution in [3.05, 3.63) is 42.5 Å². The Hall–Kier alpha value is -2.95. The number of phenols is 1. The summed E-state index contributed by atoms with van der Waals surface area (Å²) in [5.74, 6) is 2.38. The molecule has 0 aliphatic rings. The number of benzene rings is 2. The molecule has 23 heavy (non-hydrogen) atoms. The summed E-state index contributed by atoms with van der Waals surface area (Å²) in [5, 5.41) is 14.4. The zero-order valence-corrected chi connectivity index (χ0v) is 13.3. The van der Waals surface area contributed by atoms with Gasteiger partial charge in [-0.05, 0) is 41.8 Å². The Bertz CT molecular complexity index is 845. The molecule has 2 N–H and O–H groups in total. The Balaban J connectivity index is 2.28. The molecular formula is C18H18N2O3. The standard InChI is InChI=1S/C18H18N2O3/c1-19-18-17-12(8-14(22-2)10-16(17)23-3)9-15(20-18)11-4-6-13(21)7-5-11/h4-10,21H,1-3H3,(H,19,20). The number of pyridine rings is 1. The highest BCUT2D eigenvalue weighted by Crippen LogP contribution is 2.37. The second kappa shape index (κ2) is 6.04. The first kappa shape index (κ1) is 15.0. The number of phenolic OH excluding ortho intramolecular Hbond substituents is 1. The van der Waals surface area contributed by atoms with E-state index in [9.17, 15) is 5.11 Å². The average Bonchev–Trinajstić information content (AvgIpc) is 2.60. The Labute approximate surface area is 134 Å². The van der Waals surface area contributed by atoms with Crippen LogP contribution in [0.4, 0.5) is 5.82 Å². The van der Waals surface area contributed by atoms with Crippen molar-refractivity contribution in [3.8, 4) is 28.5 Å².